The van der Waals surface area contributed by atoms with Crippen molar-refractivity contribution in [3.05, 3.63) is 30.1 Å². The number of pyridine rings is 1. The van der Waals surface area contributed by atoms with Gasteiger partial charge in [0.2, 0.25) is 0 Å². The zero-order chi connectivity index (χ0) is 10.7. The third-order valence-corrected chi connectivity index (χ3v) is 2.47. The Hall–Kier alpha value is -1.50. The Morgan fingerprint density at radius 2 is 2.20 bits per heavy atom. The minimum atomic E-state index is -0.284. The summed E-state index contributed by atoms with van der Waals surface area (Å²) in [5.41, 5.74) is 9.16. The molecule has 1 aliphatic heterocycles. The van der Waals surface area contributed by atoms with Crippen LogP contribution in [0.4, 0.5) is 0 Å². The number of aromatic nitrogens is 1. The van der Waals surface area contributed by atoms with E-state index in [1.165, 1.54) is 0 Å². The summed E-state index contributed by atoms with van der Waals surface area (Å²) in [5, 5.41) is 0. The third-order valence-electron chi connectivity index (χ3n) is 2.47. The summed E-state index contributed by atoms with van der Waals surface area (Å²) < 4.78 is 0. The van der Waals surface area contributed by atoms with Crippen LogP contribution in [-0.2, 0) is 4.79 Å². The molecule has 0 saturated carbocycles. The van der Waals surface area contributed by atoms with Crippen LogP contribution in [0, 0.1) is 0 Å². The molecule has 6 heteroatoms. The molecule has 6 nitrogen and oxygen atoms in total. The van der Waals surface area contributed by atoms with Gasteiger partial charge in [-0.05, 0) is 24.1 Å². The lowest BCUT2D eigenvalue weighted by Gasteiger charge is -2.08. The van der Waals surface area contributed by atoms with Gasteiger partial charge in [-0.3, -0.25) is 15.2 Å². The Bertz CT molecular complexity index is 342. The summed E-state index contributed by atoms with van der Waals surface area (Å²) in [7, 11) is 0. The van der Waals surface area contributed by atoms with Gasteiger partial charge in [0.25, 0.3) is 5.91 Å². The number of rotatable bonds is 2. The molecule has 0 aromatic carbocycles. The average molecular weight is 207 g/mol. The van der Waals surface area contributed by atoms with Crippen molar-refractivity contribution in [3.63, 3.8) is 0 Å². The normalized spacial score (nSPS) is 25.1. The molecule has 2 heterocycles. The molecule has 0 radical (unpaired) electrons. The highest BCUT2D eigenvalue weighted by Gasteiger charge is 2.29. The van der Waals surface area contributed by atoms with E-state index >= 15 is 0 Å². The van der Waals surface area contributed by atoms with Crippen LogP contribution in [0.3, 0.4) is 0 Å². The fourth-order valence-electron chi connectivity index (χ4n) is 1.64. The Morgan fingerprint density at radius 1 is 1.47 bits per heavy atom. The highest BCUT2D eigenvalue weighted by molar-refractivity contribution is 5.81. The molecule has 0 aliphatic carbocycles. The molecule has 2 atom stereocenters. The lowest BCUT2D eigenvalue weighted by molar-refractivity contribution is -0.122. The molecule has 1 aromatic rings. The molecule has 0 bridgehead atoms. The van der Waals surface area contributed by atoms with Gasteiger partial charge in [0.05, 0.1) is 0 Å². The number of nitrogens with two attached hydrogens (primary N) is 1. The molecule has 1 amide bonds. The lowest BCUT2D eigenvalue weighted by atomic mass is 10.0. The summed E-state index contributed by atoms with van der Waals surface area (Å²) in [6.07, 6.45) is 4.13. The van der Waals surface area contributed by atoms with Crippen molar-refractivity contribution in [1.82, 2.24) is 21.3 Å². The molecule has 5 N–H and O–H groups in total. The first-order valence-electron chi connectivity index (χ1n) is 4.72. The highest BCUT2D eigenvalue weighted by Crippen LogP contribution is 2.21. The van der Waals surface area contributed by atoms with Gasteiger partial charge in [0.15, 0.2) is 0 Å². The molecule has 1 aliphatic rings. The van der Waals surface area contributed by atoms with Crippen LogP contribution in [0.1, 0.15) is 18.0 Å². The quantitative estimate of drug-likeness (QED) is 0.283. The molecule has 1 fully saturated rings. The first-order valence-corrected chi connectivity index (χ1v) is 4.72. The van der Waals surface area contributed by atoms with Gasteiger partial charge < -0.3 is 0 Å². The van der Waals surface area contributed by atoms with E-state index in [-0.39, 0.29) is 18.0 Å². The summed E-state index contributed by atoms with van der Waals surface area (Å²) in [6.45, 7) is 0. The van der Waals surface area contributed by atoms with Gasteiger partial charge in [0, 0.05) is 18.4 Å². The van der Waals surface area contributed by atoms with E-state index < -0.39 is 0 Å². The van der Waals surface area contributed by atoms with Crippen LogP contribution in [-0.4, -0.2) is 16.9 Å². The van der Waals surface area contributed by atoms with Crippen molar-refractivity contribution >= 4 is 5.91 Å². The fourth-order valence-corrected chi connectivity index (χ4v) is 1.64. The van der Waals surface area contributed by atoms with Crippen LogP contribution in [0.5, 0.6) is 0 Å². The van der Waals surface area contributed by atoms with Crippen molar-refractivity contribution in [2.75, 3.05) is 0 Å². The van der Waals surface area contributed by atoms with Crippen molar-refractivity contribution < 1.29 is 4.79 Å². The number of amides is 1. The van der Waals surface area contributed by atoms with Crippen LogP contribution in [0.15, 0.2) is 24.5 Å². The molecule has 1 aromatic heterocycles. The van der Waals surface area contributed by atoms with Gasteiger partial charge in [0.1, 0.15) is 6.04 Å². The summed E-state index contributed by atoms with van der Waals surface area (Å²) >= 11 is 0. The second kappa shape index (κ2) is 4.35. The highest BCUT2D eigenvalue weighted by atomic mass is 16.2. The summed E-state index contributed by atoms with van der Waals surface area (Å²) in [4.78, 5) is 15.2. The third kappa shape index (κ3) is 2.12. The van der Waals surface area contributed by atoms with Crippen molar-refractivity contribution in [2.45, 2.75) is 18.5 Å². The predicted molar refractivity (Wildman–Crippen MR) is 54.0 cm³/mol. The number of carbonyl (C=O) groups excluding carboxylic acids is 1. The molecular formula is C9H13N5O. The van der Waals surface area contributed by atoms with Crippen LogP contribution < -0.4 is 22.1 Å². The molecule has 2 rings (SSSR count). The lowest BCUT2D eigenvalue weighted by Crippen LogP contribution is -2.45. The summed E-state index contributed by atoms with van der Waals surface area (Å²) in [5.74, 6) is 4.85. The monoisotopic (exact) mass is 207 g/mol. The maximum Gasteiger partial charge on any atom is 0.252 e. The zero-order valence-electron chi connectivity index (χ0n) is 8.10. The Balaban J connectivity index is 2.02. The molecule has 80 valence electrons. The first-order chi connectivity index (χ1) is 7.31. The molecule has 15 heavy (non-hydrogen) atoms. The maximum absolute atomic E-state index is 11.2. The van der Waals surface area contributed by atoms with E-state index in [0.717, 1.165) is 5.56 Å². The van der Waals surface area contributed by atoms with E-state index in [9.17, 15) is 4.79 Å². The van der Waals surface area contributed by atoms with E-state index in [1.54, 1.807) is 12.4 Å². The number of nitrogens with zero attached hydrogens (tertiary/aromatic N) is 1. The Kier molecular flexibility index (Phi) is 2.91. The SMILES string of the molecule is NNC(=O)C1CC(c2ccncc2)NN1. The largest absolute Gasteiger partial charge is 0.293 e. The van der Waals surface area contributed by atoms with Crippen molar-refractivity contribution in [3.8, 4) is 0 Å². The molecule has 2 unspecified atom stereocenters. The van der Waals surface area contributed by atoms with Gasteiger partial charge in [-0.1, -0.05) is 0 Å². The number of carbonyl (C=O) groups is 1. The predicted octanol–water partition coefficient (Wildman–Crippen LogP) is -1.02. The standard InChI is InChI=1S/C9H13N5O/c10-12-9(15)8-5-7(13-14-8)6-1-3-11-4-2-6/h1-4,7-8,13-14H,5,10H2,(H,12,15). The van der Waals surface area contributed by atoms with E-state index in [0.29, 0.717) is 6.42 Å². The molecular weight excluding hydrogens is 194 g/mol. The Labute approximate surface area is 87.2 Å². The second-order valence-electron chi connectivity index (χ2n) is 3.42. The topological polar surface area (TPSA) is 92.1 Å². The second-order valence-corrected chi connectivity index (χ2v) is 3.42. The molecule has 0 spiro atoms. The number of hydrazine groups is 2. The van der Waals surface area contributed by atoms with E-state index in [4.69, 9.17) is 5.84 Å². The minimum Gasteiger partial charge on any atom is -0.293 e. The average Bonchev–Trinajstić information content (AvgIpc) is 2.78. The smallest absolute Gasteiger partial charge is 0.252 e. The minimum absolute atomic E-state index is 0.121. The molecule has 1 saturated heterocycles. The Morgan fingerprint density at radius 3 is 2.87 bits per heavy atom. The van der Waals surface area contributed by atoms with Gasteiger partial charge in [-0.15, -0.1) is 0 Å². The fraction of sp³-hybridized carbons (Fsp3) is 0.333. The van der Waals surface area contributed by atoms with Gasteiger partial charge >= 0.3 is 0 Å². The maximum atomic E-state index is 11.2. The van der Waals surface area contributed by atoms with Crippen molar-refractivity contribution in [1.29, 1.82) is 0 Å². The van der Waals surface area contributed by atoms with E-state index in [1.807, 2.05) is 12.1 Å². The number of hydrogen-bond acceptors (Lipinski definition) is 5. The van der Waals surface area contributed by atoms with Crippen LogP contribution in [0.25, 0.3) is 0 Å². The van der Waals surface area contributed by atoms with Crippen LogP contribution >= 0.6 is 0 Å². The van der Waals surface area contributed by atoms with E-state index in [2.05, 4.69) is 21.3 Å². The zero-order valence-corrected chi connectivity index (χ0v) is 8.10. The van der Waals surface area contributed by atoms with Gasteiger partial charge in [-0.25, -0.2) is 16.7 Å². The first kappa shape index (κ1) is 10.0. The van der Waals surface area contributed by atoms with Crippen molar-refractivity contribution in [2.24, 2.45) is 5.84 Å². The number of hydrogen-bond donors (Lipinski definition) is 4. The van der Waals surface area contributed by atoms with Crippen LogP contribution in [0.2, 0.25) is 0 Å². The number of nitrogens with one attached hydrogen (secondary N) is 3. The summed E-state index contributed by atoms with van der Waals surface area (Å²) in [6, 6.07) is 3.67. The van der Waals surface area contributed by atoms with Gasteiger partial charge in [-0.2, -0.15) is 0 Å².